The average molecular weight is 558 g/mol. The number of aromatic amines is 1. The third kappa shape index (κ3) is 5.68. The highest BCUT2D eigenvalue weighted by Gasteiger charge is 2.23. The number of hydrogen-bond acceptors (Lipinski definition) is 7. The van der Waals surface area contributed by atoms with Gasteiger partial charge < -0.3 is 19.2 Å². The predicted octanol–water partition coefficient (Wildman–Crippen LogP) is 5.94. The van der Waals surface area contributed by atoms with Crippen molar-refractivity contribution in [2.75, 3.05) is 14.2 Å². The first-order valence-electron chi connectivity index (χ1n) is 12.6. The lowest BCUT2D eigenvalue weighted by Gasteiger charge is -2.14. The molecule has 0 saturated heterocycles. The van der Waals surface area contributed by atoms with Gasteiger partial charge in [0.05, 0.1) is 36.7 Å². The summed E-state index contributed by atoms with van der Waals surface area (Å²) in [6, 6.07) is 12.8. The Morgan fingerprint density at radius 3 is 2.46 bits per heavy atom. The van der Waals surface area contributed by atoms with Gasteiger partial charge in [-0.05, 0) is 42.3 Å². The fourth-order valence-electron chi connectivity index (χ4n) is 4.61. The molecule has 0 spiro atoms. The van der Waals surface area contributed by atoms with Gasteiger partial charge in [0.25, 0.3) is 0 Å². The van der Waals surface area contributed by atoms with Gasteiger partial charge in [-0.15, -0.1) is 0 Å². The predicted molar refractivity (Wildman–Crippen MR) is 149 cm³/mol. The summed E-state index contributed by atoms with van der Waals surface area (Å²) in [5.74, 6) is -0.919. The van der Waals surface area contributed by atoms with Crippen LogP contribution in [0.25, 0.3) is 22.2 Å². The van der Waals surface area contributed by atoms with Crippen LogP contribution in [0, 0.1) is 18.6 Å². The molecule has 0 unspecified atom stereocenters. The minimum Gasteiger partial charge on any atom is -0.495 e. The number of ether oxygens (including phenoxy) is 3. The van der Waals surface area contributed by atoms with E-state index in [1.807, 2.05) is 0 Å². The van der Waals surface area contributed by atoms with Crippen LogP contribution < -0.4 is 14.9 Å². The van der Waals surface area contributed by atoms with Crippen molar-refractivity contribution in [3.8, 4) is 28.4 Å². The number of carbonyl (C=O) groups excluding carboxylic acids is 1. The summed E-state index contributed by atoms with van der Waals surface area (Å²) in [7, 11) is 2.96. The maximum absolute atomic E-state index is 15.1. The maximum atomic E-state index is 15.1. The van der Waals surface area contributed by atoms with E-state index in [4.69, 9.17) is 14.2 Å². The van der Waals surface area contributed by atoms with Gasteiger partial charge in [0.15, 0.2) is 23.1 Å². The van der Waals surface area contributed by atoms with E-state index in [9.17, 15) is 14.0 Å². The first kappa shape index (κ1) is 27.6. The van der Waals surface area contributed by atoms with Gasteiger partial charge in [-0.2, -0.15) is 0 Å². The quantitative estimate of drug-likeness (QED) is 0.224. The Balaban J connectivity index is 1.44. The summed E-state index contributed by atoms with van der Waals surface area (Å²) in [4.78, 5) is 38.6. The maximum Gasteiger partial charge on any atom is 0.200 e. The molecule has 0 bridgehead atoms. The second-order valence-electron chi connectivity index (χ2n) is 9.27. The van der Waals surface area contributed by atoms with Crippen molar-refractivity contribution in [3.63, 3.8) is 0 Å². The lowest BCUT2D eigenvalue weighted by Crippen LogP contribution is -2.24. The Morgan fingerprint density at radius 2 is 1.76 bits per heavy atom. The van der Waals surface area contributed by atoms with Gasteiger partial charge in [-0.25, -0.2) is 13.8 Å². The van der Waals surface area contributed by atoms with E-state index in [1.54, 1.807) is 25.1 Å². The van der Waals surface area contributed by atoms with E-state index in [0.29, 0.717) is 45.0 Å². The number of carbonyl (C=O) groups is 1. The van der Waals surface area contributed by atoms with Gasteiger partial charge >= 0.3 is 0 Å². The molecule has 41 heavy (non-hydrogen) atoms. The number of aromatic nitrogens is 3. The number of Topliss-reactive ketones (excluding diaryl/α,β-unsaturated/α-hetero) is 1. The zero-order valence-electron chi connectivity index (χ0n) is 22.5. The van der Waals surface area contributed by atoms with Crippen LogP contribution in [-0.2, 0) is 17.8 Å². The molecule has 0 atom stereocenters. The van der Waals surface area contributed by atoms with E-state index in [0.717, 1.165) is 0 Å². The molecule has 5 aromatic rings. The summed E-state index contributed by atoms with van der Waals surface area (Å²) in [6.45, 7) is 1.68. The second kappa shape index (κ2) is 11.6. The molecule has 1 N–H and O–H groups in total. The molecule has 2 aromatic carbocycles. The summed E-state index contributed by atoms with van der Waals surface area (Å²) in [5.41, 5.74) is 2.20. The molecule has 0 amide bonds. The summed E-state index contributed by atoms with van der Waals surface area (Å²) in [5, 5.41) is 0. The van der Waals surface area contributed by atoms with Crippen LogP contribution in [0.2, 0.25) is 0 Å². The topological polar surface area (TPSA) is 103 Å². The lowest BCUT2D eigenvalue weighted by molar-refractivity contribution is 0.0986. The highest BCUT2D eigenvalue weighted by molar-refractivity contribution is 5.99. The van der Waals surface area contributed by atoms with E-state index in [2.05, 4.69) is 15.0 Å². The Morgan fingerprint density at radius 1 is 0.976 bits per heavy atom. The van der Waals surface area contributed by atoms with Crippen molar-refractivity contribution < 1.29 is 27.8 Å². The Labute approximate surface area is 233 Å². The number of hydrogen-bond donors (Lipinski definition) is 1. The van der Waals surface area contributed by atoms with Crippen LogP contribution in [0.3, 0.4) is 0 Å². The second-order valence-corrected chi connectivity index (χ2v) is 9.27. The number of ketones is 1. The number of H-pyrrole nitrogens is 1. The van der Waals surface area contributed by atoms with Crippen LogP contribution in [0.4, 0.5) is 8.78 Å². The van der Waals surface area contributed by atoms with Gasteiger partial charge in [-0.1, -0.05) is 18.2 Å². The first-order valence-corrected chi connectivity index (χ1v) is 12.6. The van der Waals surface area contributed by atoms with Crippen LogP contribution >= 0.6 is 0 Å². The molecule has 5 rings (SSSR count). The zero-order chi connectivity index (χ0) is 29.1. The molecule has 0 aliphatic carbocycles. The first-order chi connectivity index (χ1) is 19.8. The Hall–Kier alpha value is -4.96. The fraction of sp³-hybridized carbons (Fsp3) is 0.161. The summed E-state index contributed by atoms with van der Waals surface area (Å²) < 4.78 is 44.8. The monoisotopic (exact) mass is 557 g/mol. The number of fused-ring (bicyclic) bond motifs is 1. The average Bonchev–Trinajstić information content (AvgIpc) is 2.95. The molecule has 208 valence electrons. The minimum atomic E-state index is -0.698. The van der Waals surface area contributed by atoms with Gasteiger partial charge in [0.1, 0.15) is 17.1 Å². The number of nitrogens with zero attached hydrogens (tertiary/aromatic N) is 2. The van der Waals surface area contributed by atoms with Crippen molar-refractivity contribution in [3.05, 3.63) is 111 Å². The van der Waals surface area contributed by atoms with E-state index in [-0.39, 0.29) is 29.9 Å². The molecule has 3 aromatic heterocycles. The van der Waals surface area contributed by atoms with Crippen LogP contribution in [-0.4, -0.2) is 35.0 Å². The van der Waals surface area contributed by atoms with Crippen molar-refractivity contribution in [2.45, 2.75) is 20.0 Å². The van der Waals surface area contributed by atoms with Crippen molar-refractivity contribution >= 4 is 16.8 Å². The van der Waals surface area contributed by atoms with E-state index >= 15 is 4.39 Å². The molecule has 3 heterocycles. The molecule has 0 saturated carbocycles. The largest absolute Gasteiger partial charge is 0.495 e. The van der Waals surface area contributed by atoms with Crippen molar-refractivity contribution in [1.29, 1.82) is 0 Å². The number of benzene rings is 2. The number of methoxy groups -OCH3 is 2. The standard InChI is InChI=1S/C31H25F2N3O5/c1-17-28(19-5-7-20(32)8-6-19)31(38)29(24(36-17)16-39-2)25(37)13-18-4-9-26(22(33)12-18)41-27-10-11-34-23-14-21(40-3)15-35-30(23)27/h4-12,14-15H,13,16H2,1-3H3,(H,36,38). The highest BCUT2D eigenvalue weighted by atomic mass is 19.1. The lowest BCUT2D eigenvalue weighted by atomic mass is 9.95. The zero-order valence-corrected chi connectivity index (χ0v) is 22.5. The molecular formula is C31H25F2N3O5. The summed E-state index contributed by atoms with van der Waals surface area (Å²) in [6.07, 6.45) is 2.77. The normalized spacial score (nSPS) is 11.0. The van der Waals surface area contributed by atoms with Gasteiger partial charge in [-0.3, -0.25) is 14.6 Å². The molecule has 10 heteroatoms. The van der Waals surface area contributed by atoms with Gasteiger partial charge in [0, 0.05) is 43.1 Å². The number of aryl methyl sites for hydroxylation is 1. The minimum absolute atomic E-state index is 0.0121. The molecule has 0 radical (unpaired) electrons. The number of rotatable bonds is 9. The smallest absolute Gasteiger partial charge is 0.200 e. The molecule has 8 nitrogen and oxygen atoms in total. The number of nitrogens with one attached hydrogen (secondary N) is 1. The fourth-order valence-corrected chi connectivity index (χ4v) is 4.61. The third-order valence-corrected chi connectivity index (χ3v) is 6.50. The van der Waals surface area contributed by atoms with Crippen molar-refractivity contribution in [1.82, 2.24) is 15.0 Å². The molecule has 0 aliphatic heterocycles. The van der Waals surface area contributed by atoms with Crippen LogP contribution in [0.5, 0.6) is 17.2 Å². The van der Waals surface area contributed by atoms with Crippen molar-refractivity contribution in [2.24, 2.45) is 0 Å². The Bertz CT molecular complexity index is 1820. The SMILES string of the molecule is COCc1[nH]c(C)c(-c2ccc(F)cc2)c(=O)c1C(=O)Cc1ccc(Oc2ccnc3cc(OC)cnc23)c(F)c1. The molecular weight excluding hydrogens is 532 g/mol. The van der Waals surface area contributed by atoms with Crippen LogP contribution in [0.1, 0.15) is 27.3 Å². The van der Waals surface area contributed by atoms with E-state index in [1.165, 1.54) is 63.0 Å². The number of halogens is 2. The highest BCUT2D eigenvalue weighted by Crippen LogP contribution is 2.31. The molecule has 0 fully saturated rings. The van der Waals surface area contributed by atoms with Gasteiger partial charge in [0.2, 0.25) is 5.43 Å². The Kier molecular flexibility index (Phi) is 7.84. The van der Waals surface area contributed by atoms with E-state index < -0.39 is 22.8 Å². The number of pyridine rings is 3. The summed E-state index contributed by atoms with van der Waals surface area (Å²) >= 11 is 0. The molecule has 0 aliphatic rings. The third-order valence-electron chi connectivity index (χ3n) is 6.50. The van der Waals surface area contributed by atoms with Crippen LogP contribution in [0.15, 0.2) is 71.8 Å².